The first kappa shape index (κ1) is 46.3. The Labute approximate surface area is 296 Å². The highest BCUT2D eigenvalue weighted by molar-refractivity contribution is 5.70. The van der Waals surface area contributed by atoms with Gasteiger partial charge in [-0.3, -0.25) is 19.2 Å². The number of nitro benzene ring substituents is 1. The van der Waals surface area contributed by atoms with Crippen molar-refractivity contribution in [2.75, 3.05) is 12.4 Å². The van der Waals surface area contributed by atoms with E-state index in [0.717, 1.165) is 33.8 Å². The standard InChI is InChI=1S/C16H17N3O2.C16H19N3O.4C2H6/c1-16(2,3)12-10-11(6-7-14(12)19(20)21)13-8-9-15(17-4)18(13)5;1-16(2,20)12-10-11(6-7-13(12)17-3)14-8-9-15(18-4)19(14)5;4*1-2/h6-10H,1-3,5H3;6-10,17,20H,1-3,5H3;4*1-2H3. The van der Waals surface area contributed by atoms with Gasteiger partial charge in [0.2, 0.25) is 11.6 Å². The van der Waals surface area contributed by atoms with Crippen molar-refractivity contribution in [3.8, 4) is 22.5 Å². The van der Waals surface area contributed by atoms with Crippen molar-refractivity contribution in [3.63, 3.8) is 0 Å². The van der Waals surface area contributed by atoms with Gasteiger partial charge in [0.15, 0.2) is 0 Å². The van der Waals surface area contributed by atoms with Crippen LogP contribution >= 0.6 is 0 Å². The van der Waals surface area contributed by atoms with E-state index >= 15 is 0 Å². The maximum atomic E-state index is 11.2. The van der Waals surface area contributed by atoms with E-state index in [4.69, 9.17) is 13.1 Å². The summed E-state index contributed by atoms with van der Waals surface area (Å²) >= 11 is 0. The summed E-state index contributed by atoms with van der Waals surface area (Å²) in [5.41, 5.74) is 5.01. The lowest BCUT2D eigenvalue weighted by atomic mass is 9.84. The smallest absolute Gasteiger partial charge is 0.273 e. The Morgan fingerprint density at radius 3 is 1.39 bits per heavy atom. The molecule has 0 atom stereocenters. The van der Waals surface area contributed by atoms with E-state index in [1.807, 2.05) is 138 Å². The van der Waals surface area contributed by atoms with E-state index in [9.17, 15) is 15.2 Å². The molecule has 0 spiro atoms. The van der Waals surface area contributed by atoms with E-state index in [2.05, 4.69) is 15.0 Å². The van der Waals surface area contributed by atoms with Crippen molar-refractivity contribution >= 4 is 23.0 Å². The van der Waals surface area contributed by atoms with E-state index in [1.54, 1.807) is 42.7 Å². The van der Waals surface area contributed by atoms with Crippen LogP contribution in [0.2, 0.25) is 0 Å². The Kier molecular flexibility index (Phi) is 20.7. The minimum atomic E-state index is -0.928. The van der Waals surface area contributed by atoms with Crippen molar-refractivity contribution < 1.29 is 10.0 Å². The largest absolute Gasteiger partial charge is 0.388 e. The molecular formula is C40H60N6O3. The van der Waals surface area contributed by atoms with E-state index in [0.29, 0.717) is 17.2 Å². The number of anilines is 1. The molecule has 49 heavy (non-hydrogen) atoms. The first-order chi connectivity index (χ1) is 23.1. The third kappa shape index (κ3) is 12.3. The highest BCUT2D eigenvalue weighted by Gasteiger charge is 2.26. The number of aromatic nitrogens is 2. The molecule has 0 unspecified atom stereocenters. The quantitative estimate of drug-likeness (QED) is 0.125. The van der Waals surface area contributed by atoms with Gasteiger partial charge in [-0.2, -0.15) is 0 Å². The number of rotatable bonds is 5. The van der Waals surface area contributed by atoms with E-state index in [1.165, 1.54) is 0 Å². The highest BCUT2D eigenvalue weighted by Crippen LogP contribution is 2.36. The molecule has 2 aromatic carbocycles. The molecule has 0 bridgehead atoms. The minimum absolute atomic E-state index is 0.130. The number of hydrogen-bond donors (Lipinski definition) is 2. The molecule has 2 aromatic heterocycles. The molecule has 0 radical (unpaired) electrons. The topological polar surface area (TPSA) is 94.0 Å². The second-order valence-electron chi connectivity index (χ2n) is 11.3. The average molecular weight is 673 g/mol. The molecule has 0 saturated carbocycles. The number of hydrogen-bond acceptors (Lipinski definition) is 4. The third-order valence-corrected chi connectivity index (χ3v) is 6.96. The van der Waals surface area contributed by atoms with Gasteiger partial charge in [0.1, 0.15) is 11.4 Å². The van der Waals surface area contributed by atoms with Crippen LogP contribution in [0.25, 0.3) is 32.2 Å². The normalized spacial score (nSPS) is 9.86. The maximum Gasteiger partial charge on any atom is 0.273 e. The molecular weight excluding hydrogens is 612 g/mol. The van der Waals surface area contributed by atoms with Crippen LogP contribution in [0.3, 0.4) is 0 Å². The summed E-state index contributed by atoms with van der Waals surface area (Å²) in [6, 6.07) is 18.4. The van der Waals surface area contributed by atoms with Crippen LogP contribution in [0.4, 0.5) is 23.0 Å². The summed E-state index contributed by atoms with van der Waals surface area (Å²) in [6.45, 7) is 39.6. The molecule has 0 saturated heterocycles. The predicted octanol–water partition coefficient (Wildman–Crippen LogP) is 12.1. The van der Waals surface area contributed by atoms with Gasteiger partial charge < -0.3 is 20.1 Å². The number of benzene rings is 2. The zero-order valence-electron chi connectivity index (χ0n) is 32.8. The summed E-state index contributed by atoms with van der Waals surface area (Å²) in [4.78, 5) is 17.8. The summed E-state index contributed by atoms with van der Waals surface area (Å²) in [5, 5.41) is 24.6. The lowest BCUT2D eigenvalue weighted by Gasteiger charge is -2.22. The van der Waals surface area contributed by atoms with Gasteiger partial charge in [-0.1, -0.05) is 89.3 Å². The van der Waals surface area contributed by atoms with Gasteiger partial charge in [0.05, 0.1) is 24.6 Å². The average Bonchev–Trinajstić information content (AvgIpc) is 3.68. The van der Waals surface area contributed by atoms with Gasteiger partial charge in [-0.05, 0) is 73.9 Å². The lowest BCUT2D eigenvalue weighted by molar-refractivity contribution is -0.386. The summed E-state index contributed by atoms with van der Waals surface area (Å²) < 4.78 is 3.65. The Morgan fingerprint density at radius 1 is 0.694 bits per heavy atom. The second kappa shape index (κ2) is 21.9. The molecule has 4 rings (SSSR count). The molecule has 9 heteroatoms. The predicted molar refractivity (Wildman–Crippen MR) is 210 cm³/mol. The van der Waals surface area contributed by atoms with Gasteiger partial charge in [-0.15, -0.1) is 0 Å². The van der Waals surface area contributed by atoms with Crippen LogP contribution in [-0.2, 0) is 25.1 Å². The zero-order chi connectivity index (χ0) is 38.7. The van der Waals surface area contributed by atoms with E-state index in [-0.39, 0.29) is 16.0 Å². The molecule has 0 amide bonds. The van der Waals surface area contributed by atoms with Crippen LogP contribution in [-0.4, -0.2) is 26.2 Å². The first-order valence-electron chi connectivity index (χ1n) is 17.0. The number of nitrogens with zero attached hydrogens (tertiary/aromatic N) is 5. The molecule has 0 fully saturated rings. The number of nitrogens with one attached hydrogen (secondary N) is 1. The first-order valence-corrected chi connectivity index (χ1v) is 17.0. The number of aliphatic hydroxyl groups is 1. The van der Waals surface area contributed by atoms with Crippen molar-refractivity contribution in [3.05, 3.63) is 105 Å². The fourth-order valence-electron chi connectivity index (χ4n) is 4.69. The molecule has 2 N–H and O–H groups in total. The molecule has 9 nitrogen and oxygen atoms in total. The Morgan fingerprint density at radius 2 is 1.08 bits per heavy atom. The van der Waals surface area contributed by atoms with Crippen LogP contribution in [0.1, 0.15) is 101 Å². The lowest BCUT2D eigenvalue weighted by Crippen LogP contribution is -2.17. The van der Waals surface area contributed by atoms with Crippen LogP contribution in [0.15, 0.2) is 60.7 Å². The van der Waals surface area contributed by atoms with Crippen molar-refractivity contribution in [2.45, 2.75) is 101 Å². The summed E-state index contributed by atoms with van der Waals surface area (Å²) in [6.07, 6.45) is 0. The Bertz CT molecular complexity index is 1670. The highest BCUT2D eigenvalue weighted by atomic mass is 16.6. The van der Waals surface area contributed by atoms with E-state index < -0.39 is 5.60 Å². The fourth-order valence-corrected chi connectivity index (χ4v) is 4.69. The van der Waals surface area contributed by atoms with Gasteiger partial charge in [-0.25, -0.2) is 0 Å². The van der Waals surface area contributed by atoms with Gasteiger partial charge >= 0.3 is 0 Å². The molecule has 4 aromatic rings. The SMILES string of the molecule is CC.CC.CC.CC.[C-]#[N+]c1ccc(-c2ccc(NC)c(C(C)(C)O)c2)n1C.[C-]#[N+]c1ccc(-c2ccc([N+](=O)[O-])c(C(C)(C)C)c2)n1C. The molecule has 2 heterocycles. The third-order valence-electron chi connectivity index (χ3n) is 6.96. The molecule has 0 aliphatic carbocycles. The zero-order valence-corrected chi connectivity index (χ0v) is 32.8. The molecule has 0 aliphatic heterocycles. The second-order valence-corrected chi connectivity index (χ2v) is 11.3. The van der Waals surface area contributed by atoms with Gasteiger partial charge in [0, 0.05) is 41.1 Å². The summed E-state index contributed by atoms with van der Waals surface area (Å²) in [5.74, 6) is 1.14. The van der Waals surface area contributed by atoms with Crippen molar-refractivity contribution in [1.29, 1.82) is 0 Å². The van der Waals surface area contributed by atoms with Crippen LogP contribution in [0.5, 0.6) is 0 Å². The van der Waals surface area contributed by atoms with Crippen LogP contribution < -0.4 is 5.32 Å². The monoisotopic (exact) mass is 672 g/mol. The van der Waals surface area contributed by atoms with Crippen LogP contribution in [0, 0.1) is 23.3 Å². The Hall–Kier alpha value is -4.86. The Balaban J connectivity index is 0. The van der Waals surface area contributed by atoms with Gasteiger partial charge in [0.25, 0.3) is 5.69 Å². The van der Waals surface area contributed by atoms with Crippen molar-refractivity contribution in [1.82, 2.24) is 9.13 Å². The fraction of sp³-hybridized carbons (Fsp3) is 0.450. The maximum absolute atomic E-state index is 11.2. The van der Waals surface area contributed by atoms with Crippen molar-refractivity contribution in [2.24, 2.45) is 14.1 Å². The summed E-state index contributed by atoms with van der Waals surface area (Å²) in [7, 11) is 5.53. The number of nitro groups is 1. The minimum Gasteiger partial charge on any atom is -0.388 e. The molecule has 0 aliphatic rings. The molecule has 268 valence electrons.